The number of nitrogens with one attached hydrogen (secondary N) is 1. The zero-order valence-electron chi connectivity index (χ0n) is 13.6. The largest absolute Gasteiger partial charge is 0.351 e. The number of thiazole rings is 1. The van der Waals surface area contributed by atoms with Gasteiger partial charge in [-0.2, -0.15) is 0 Å². The number of imidazole rings is 1. The number of benzene rings is 1. The van der Waals surface area contributed by atoms with Gasteiger partial charge in [-0.15, -0.1) is 11.3 Å². The van der Waals surface area contributed by atoms with Crippen LogP contribution in [0.1, 0.15) is 32.6 Å². The maximum absolute atomic E-state index is 12.1. The second kappa shape index (κ2) is 6.50. The molecule has 0 spiro atoms. The third-order valence-corrected chi connectivity index (χ3v) is 4.92. The van der Waals surface area contributed by atoms with Crippen LogP contribution in [0.15, 0.2) is 24.3 Å². The van der Waals surface area contributed by atoms with Crippen LogP contribution in [0.25, 0.3) is 11.0 Å². The number of para-hydroxylation sites is 2. The SMILES string of the molecule is Cc1nc(C)c(C(=O)NCCCc2nc3ccccc3n2C)s1. The van der Waals surface area contributed by atoms with Gasteiger partial charge in [0.25, 0.3) is 5.91 Å². The van der Waals surface area contributed by atoms with Gasteiger partial charge < -0.3 is 9.88 Å². The molecular formula is C17H20N4OS. The van der Waals surface area contributed by atoms with Gasteiger partial charge >= 0.3 is 0 Å². The van der Waals surface area contributed by atoms with Gasteiger partial charge in [-0.25, -0.2) is 9.97 Å². The van der Waals surface area contributed by atoms with Gasteiger partial charge in [0.05, 0.1) is 21.7 Å². The number of aryl methyl sites for hydroxylation is 4. The topological polar surface area (TPSA) is 59.8 Å². The second-order valence-corrected chi connectivity index (χ2v) is 6.79. The monoisotopic (exact) mass is 328 g/mol. The number of rotatable bonds is 5. The van der Waals surface area contributed by atoms with E-state index in [0.717, 1.165) is 40.4 Å². The highest BCUT2D eigenvalue weighted by Gasteiger charge is 2.13. The Bertz CT molecular complexity index is 850. The van der Waals surface area contributed by atoms with E-state index >= 15 is 0 Å². The van der Waals surface area contributed by atoms with E-state index < -0.39 is 0 Å². The fraction of sp³-hybridized carbons (Fsp3) is 0.353. The number of carbonyl (C=O) groups is 1. The third kappa shape index (κ3) is 3.27. The maximum atomic E-state index is 12.1. The zero-order valence-corrected chi connectivity index (χ0v) is 14.4. The average molecular weight is 328 g/mol. The van der Waals surface area contributed by atoms with E-state index in [1.807, 2.05) is 39.1 Å². The molecule has 0 bridgehead atoms. The summed E-state index contributed by atoms with van der Waals surface area (Å²) in [5.74, 6) is 1.02. The number of carbonyl (C=O) groups excluding carboxylic acids is 1. The standard InChI is InChI=1S/C17H20N4OS/c1-11-16(23-12(2)19-11)17(22)18-10-6-9-15-20-13-7-4-5-8-14(13)21(15)3/h4-5,7-8H,6,9-10H2,1-3H3,(H,18,22). The van der Waals surface area contributed by atoms with E-state index in [2.05, 4.69) is 25.9 Å². The summed E-state index contributed by atoms with van der Waals surface area (Å²) in [7, 11) is 2.03. The molecule has 0 aliphatic rings. The van der Waals surface area contributed by atoms with Gasteiger partial charge in [0.2, 0.25) is 0 Å². The Morgan fingerprint density at radius 3 is 2.74 bits per heavy atom. The van der Waals surface area contributed by atoms with Crippen molar-refractivity contribution in [2.45, 2.75) is 26.7 Å². The van der Waals surface area contributed by atoms with Crippen LogP contribution in [-0.4, -0.2) is 27.0 Å². The van der Waals surface area contributed by atoms with E-state index in [1.165, 1.54) is 11.3 Å². The van der Waals surface area contributed by atoms with Crippen molar-refractivity contribution in [1.29, 1.82) is 0 Å². The lowest BCUT2D eigenvalue weighted by molar-refractivity contribution is 0.0956. The smallest absolute Gasteiger partial charge is 0.263 e. The van der Waals surface area contributed by atoms with Crippen molar-refractivity contribution in [3.05, 3.63) is 45.7 Å². The molecule has 0 fully saturated rings. The minimum absolute atomic E-state index is 0.0295. The number of hydrogen-bond acceptors (Lipinski definition) is 4. The molecule has 23 heavy (non-hydrogen) atoms. The first-order chi connectivity index (χ1) is 11.1. The van der Waals surface area contributed by atoms with Gasteiger partial charge in [-0.1, -0.05) is 12.1 Å². The molecule has 2 aromatic heterocycles. The van der Waals surface area contributed by atoms with E-state index in [1.54, 1.807) is 0 Å². The molecule has 6 heteroatoms. The second-order valence-electron chi connectivity index (χ2n) is 5.58. The fourth-order valence-corrected chi connectivity index (χ4v) is 3.53. The first kappa shape index (κ1) is 15.7. The molecule has 0 aliphatic carbocycles. The Morgan fingerprint density at radius 2 is 2.04 bits per heavy atom. The Labute approximate surface area is 139 Å². The zero-order chi connectivity index (χ0) is 16.4. The van der Waals surface area contributed by atoms with Crippen LogP contribution >= 0.6 is 11.3 Å². The molecule has 0 saturated carbocycles. The number of nitrogens with zero attached hydrogens (tertiary/aromatic N) is 3. The number of hydrogen-bond donors (Lipinski definition) is 1. The quantitative estimate of drug-likeness (QED) is 0.733. The summed E-state index contributed by atoms with van der Waals surface area (Å²) >= 11 is 1.44. The lowest BCUT2D eigenvalue weighted by Crippen LogP contribution is -2.24. The molecule has 5 nitrogen and oxygen atoms in total. The van der Waals surface area contributed by atoms with E-state index in [0.29, 0.717) is 11.4 Å². The summed E-state index contributed by atoms with van der Waals surface area (Å²) in [5, 5.41) is 3.89. The average Bonchev–Trinajstić information content (AvgIpc) is 3.04. The van der Waals surface area contributed by atoms with Crippen LogP contribution in [0.4, 0.5) is 0 Å². The van der Waals surface area contributed by atoms with Gasteiger partial charge in [0.1, 0.15) is 10.7 Å². The van der Waals surface area contributed by atoms with Crippen molar-refractivity contribution in [1.82, 2.24) is 19.9 Å². The molecule has 1 amide bonds. The van der Waals surface area contributed by atoms with Crippen molar-refractivity contribution in [2.24, 2.45) is 7.05 Å². The minimum atomic E-state index is -0.0295. The van der Waals surface area contributed by atoms with Crippen molar-refractivity contribution in [2.75, 3.05) is 6.54 Å². The Morgan fingerprint density at radius 1 is 1.26 bits per heavy atom. The molecule has 0 radical (unpaired) electrons. The molecule has 3 rings (SSSR count). The van der Waals surface area contributed by atoms with Crippen LogP contribution in [-0.2, 0) is 13.5 Å². The predicted octanol–water partition coefficient (Wildman–Crippen LogP) is 3.01. The molecule has 120 valence electrons. The molecule has 0 saturated heterocycles. The fourth-order valence-electron chi connectivity index (χ4n) is 2.69. The lowest BCUT2D eigenvalue weighted by Gasteiger charge is -2.05. The first-order valence-corrected chi connectivity index (χ1v) is 8.50. The highest BCUT2D eigenvalue weighted by molar-refractivity contribution is 7.13. The van der Waals surface area contributed by atoms with Gasteiger partial charge in [0.15, 0.2) is 0 Å². The van der Waals surface area contributed by atoms with Gasteiger partial charge in [-0.3, -0.25) is 4.79 Å². The summed E-state index contributed by atoms with van der Waals surface area (Å²) in [6, 6.07) is 8.12. The molecule has 1 N–H and O–H groups in total. The van der Waals surface area contributed by atoms with E-state index in [9.17, 15) is 4.79 Å². The van der Waals surface area contributed by atoms with E-state index in [4.69, 9.17) is 0 Å². The third-order valence-electron chi connectivity index (χ3n) is 3.85. The number of aromatic nitrogens is 3. The van der Waals surface area contributed by atoms with Crippen LogP contribution in [0.3, 0.4) is 0 Å². The molecule has 0 aliphatic heterocycles. The Kier molecular flexibility index (Phi) is 4.43. The molecular weight excluding hydrogens is 308 g/mol. The highest BCUT2D eigenvalue weighted by Crippen LogP contribution is 2.17. The van der Waals surface area contributed by atoms with Gasteiger partial charge in [-0.05, 0) is 32.4 Å². The number of fused-ring (bicyclic) bond motifs is 1. The normalized spacial score (nSPS) is 11.1. The van der Waals surface area contributed by atoms with Crippen LogP contribution in [0, 0.1) is 13.8 Å². The molecule has 1 aromatic carbocycles. The van der Waals surface area contributed by atoms with Crippen molar-refractivity contribution in [3.8, 4) is 0 Å². The number of amides is 1. The highest BCUT2D eigenvalue weighted by atomic mass is 32.1. The molecule has 0 unspecified atom stereocenters. The first-order valence-electron chi connectivity index (χ1n) is 7.69. The summed E-state index contributed by atoms with van der Waals surface area (Å²) < 4.78 is 2.12. The summed E-state index contributed by atoms with van der Waals surface area (Å²) in [6.45, 7) is 4.43. The lowest BCUT2D eigenvalue weighted by atomic mass is 10.3. The summed E-state index contributed by atoms with van der Waals surface area (Å²) in [6.07, 6.45) is 1.70. The van der Waals surface area contributed by atoms with Gasteiger partial charge in [0, 0.05) is 20.0 Å². The summed E-state index contributed by atoms with van der Waals surface area (Å²) in [4.78, 5) is 21.8. The van der Waals surface area contributed by atoms with Crippen LogP contribution in [0.5, 0.6) is 0 Å². The predicted molar refractivity (Wildman–Crippen MR) is 93.0 cm³/mol. The van der Waals surface area contributed by atoms with Crippen molar-refractivity contribution in [3.63, 3.8) is 0 Å². The molecule has 0 atom stereocenters. The van der Waals surface area contributed by atoms with E-state index in [-0.39, 0.29) is 5.91 Å². The van der Waals surface area contributed by atoms with Crippen molar-refractivity contribution >= 4 is 28.3 Å². The van der Waals surface area contributed by atoms with Crippen LogP contribution < -0.4 is 5.32 Å². The van der Waals surface area contributed by atoms with Crippen LogP contribution in [0.2, 0.25) is 0 Å². The minimum Gasteiger partial charge on any atom is -0.351 e. The molecule has 2 heterocycles. The maximum Gasteiger partial charge on any atom is 0.263 e. The Balaban J connectivity index is 1.56. The van der Waals surface area contributed by atoms with Crippen molar-refractivity contribution < 1.29 is 4.79 Å². The summed E-state index contributed by atoms with van der Waals surface area (Å²) in [5.41, 5.74) is 2.97. The molecule has 3 aromatic rings. The Hall–Kier alpha value is -2.21.